The molecule has 1 N–H and O–H groups in total. The fraction of sp³-hybridized carbons (Fsp3) is 0.562. The third-order valence-electron chi connectivity index (χ3n) is 3.31. The van der Waals surface area contributed by atoms with Gasteiger partial charge in [-0.05, 0) is 12.5 Å². The Morgan fingerprint density at radius 1 is 1.24 bits per heavy atom. The van der Waals surface area contributed by atoms with Crippen LogP contribution in [0.25, 0.3) is 0 Å². The van der Waals surface area contributed by atoms with Gasteiger partial charge >= 0.3 is 0 Å². The molecule has 0 aliphatic rings. The molecule has 1 amide bonds. The first-order chi connectivity index (χ1) is 10.0. The molecule has 2 nitrogen and oxygen atoms in total. The van der Waals surface area contributed by atoms with Crippen LogP contribution in [0, 0.1) is 11.6 Å². The van der Waals surface area contributed by atoms with Crippen LogP contribution >= 0.6 is 15.9 Å². The van der Waals surface area contributed by atoms with Crippen molar-refractivity contribution < 1.29 is 13.6 Å². The Morgan fingerprint density at radius 3 is 2.62 bits per heavy atom. The normalized spacial score (nSPS) is 12.2. The van der Waals surface area contributed by atoms with Crippen molar-refractivity contribution in [1.82, 2.24) is 5.32 Å². The van der Waals surface area contributed by atoms with Crippen molar-refractivity contribution >= 4 is 21.8 Å². The highest BCUT2D eigenvalue weighted by atomic mass is 79.9. The maximum absolute atomic E-state index is 13.4. The summed E-state index contributed by atoms with van der Waals surface area (Å²) in [6.45, 7) is 2.23. The Labute approximate surface area is 133 Å². The van der Waals surface area contributed by atoms with Crippen LogP contribution in [-0.2, 0) is 11.3 Å². The monoisotopic (exact) mass is 361 g/mol. The van der Waals surface area contributed by atoms with Crippen molar-refractivity contribution in [3.8, 4) is 0 Å². The van der Waals surface area contributed by atoms with Crippen LogP contribution in [0.3, 0.4) is 0 Å². The molecule has 1 unspecified atom stereocenters. The number of benzene rings is 1. The zero-order valence-electron chi connectivity index (χ0n) is 12.3. The van der Waals surface area contributed by atoms with Gasteiger partial charge in [0, 0.05) is 18.2 Å². The first kappa shape index (κ1) is 18.1. The average Bonchev–Trinajstić information content (AvgIpc) is 2.45. The number of carbonyl (C=O) groups is 1. The third kappa shape index (κ3) is 7.02. The van der Waals surface area contributed by atoms with E-state index in [1.165, 1.54) is 31.4 Å². The highest BCUT2D eigenvalue weighted by Gasteiger charge is 2.14. The lowest BCUT2D eigenvalue weighted by Gasteiger charge is -2.11. The highest BCUT2D eigenvalue weighted by Crippen LogP contribution is 2.14. The van der Waals surface area contributed by atoms with E-state index in [4.69, 9.17) is 0 Å². The van der Waals surface area contributed by atoms with Crippen molar-refractivity contribution in [2.24, 2.45) is 0 Å². The van der Waals surface area contributed by atoms with Gasteiger partial charge in [0.1, 0.15) is 11.6 Å². The molecule has 0 aliphatic heterocycles. The molecule has 5 heteroatoms. The zero-order valence-corrected chi connectivity index (χ0v) is 13.9. The number of halogens is 3. The molecule has 0 radical (unpaired) electrons. The molecule has 0 heterocycles. The minimum absolute atomic E-state index is 0.0723. The molecule has 0 bridgehead atoms. The van der Waals surface area contributed by atoms with Crippen molar-refractivity contribution in [3.63, 3.8) is 0 Å². The summed E-state index contributed by atoms with van der Waals surface area (Å²) in [5.74, 6) is -1.41. The Bertz CT molecular complexity index is 454. The van der Waals surface area contributed by atoms with E-state index >= 15 is 0 Å². The quantitative estimate of drug-likeness (QED) is 0.501. The van der Waals surface area contributed by atoms with Crippen LogP contribution in [0.4, 0.5) is 8.78 Å². The van der Waals surface area contributed by atoms with E-state index in [9.17, 15) is 13.6 Å². The molecule has 1 rings (SSSR count). The molecule has 21 heavy (non-hydrogen) atoms. The van der Waals surface area contributed by atoms with Gasteiger partial charge in [-0.15, -0.1) is 0 Å². The molecule has 0 aliphatic carbocycles. The first-order valence-corrected chi connectivity index (χ1v) is 8.32. The van der Waals surface area contributed by atoms with Gasteiger partial charge in [0.05, 0.1) is 4.83 Å². The smallest absolute Gasteiger partial charge is 0.234 e. The molecule has 118 valence electrons. The molecule has 1 aromatic rings. The summed E-state index contributed by atoms with van der Waals surface area (Å²) in [7, 11) is 0. The van der Waals surface area contributed by atoms with Gasteiger partial charge in [-0.2, -0.15) is 0 Å². The van der Waals surface area contributed by atoms with Crippen molar-refractivity contribution in [2.75, 3.05) is 0 Å². The van der Waals surface area contributed by atoms with E-state index in [1.807, 2.05) is 0 Å². The molecule has 0 saturated heterocycles. The second-order valence-corrected chi connectivity index (χ2v) is 6.23. The van der Waals surface area contributed by atoms with E-state index < -0.39 is 11.6 Å². The number of carbonyl (C=O) groups excluding carboxylic acids is 1. The Balaban J connectivity index is 2.29. The molecule has 1 aromatic carbocycles. The number of amides is 1. The third-order valence-corrected chi connectivity index (χ3v) is 4.19. The molecule has 0 spiro atoms. The molecule has 0 saturated carbocycles. The fourth-order valence-corrected chi connectivity index (χ4v) is 2.50. The standard InChI is InChI=1S/C16H22BrF2NO/c1-2-3-4-5-6-7-14(17)16(21)20-11-12-8-9-13(18)10-15(12)19/h8-10,14H,2-7,11H2,1H3,(H,20,21). The average molecular weight is 362 g/mol. The summed E-state index contributed by atoms with van der Waals surface area (Å²) in [5.41, 5.74) is 0.285. The summed E-state index contributed by atoms with van der Waals surface area (Å²) < 4.78 is 26.2. The SMILES string of the molecule is CCCCCCCC(Br)C(=O)NCc1ccc(F)cc1F. The van der Waals surface area contributed by atoms with Crippen LogP contribution in [0.2, 0.25) is 0 Å². The number of hydrogen-bond acceptors (Lipinski definition) is 1. The van der Waals surface area contributed by atoms with E-state index in [-0.39, 0.29) is 22.8 Å². The van der Waals surface area contributed by atoms with Gasteiger partial charge in [0.2, 0.25) is 5.91 Å². The van der Waals surface area contributed by atoms with Crippen molar-refractivity contribution in [2.45, 2.75) is 56.8 Å². The molecule has 0 aromatic heterocycles. The lowest BCUT2D eigenvalue weighted by Crippen LogP contribution is -2.30. The van der Waals surface area contributed by atoms with Crippen LogP contribution in [-0.4, -0.2) is 10.7 Å². The number of alkyl halides is 1. The maximum atomic E-state index is 13.4. The van der Waals surface area contributed by atoms with Crippen LogP contribution in [0.1, 0.15) is 51.0 Å². The Kier molecular flexibility index (Phi) is 8.50. The molecule has 1 atom stereocenters. The molecule has 0 fully saturated rings. The Hall–Kier alpha value is -0.970. The number of rotatable bonds is 9. The maximum Gasteiger partial charge on any atom is 0.234 e. The summed E-state index contributed by atoms with van der Waals surface area (Å²) in [5, 5.41) is 2.66. The van der Waals surface area contributed by atoms with Gasteiger partial charge in [-0.25, -0.2) is 8.78 Å². The highest BCUT2D eigenvalue weighted by molar-refractivity contribution is 9.10. The lowest BCUT2D eigenvalue weighted by molar-refractivity contribution is -0.120. The van der Waals surface area contributed by atoms with Gasteiger partial charge in [-0.3, -0.25) is 4.79 Å². The van der Waals surface area contributed by atoms with Gasteiger partial charge in [0.25, 0.3) is 0 Å². The number of hydrogen-bond donors (Lipinski definition) is 1. The summed E-state index contributed by atoms with van der Waals surface area (Å²) in [6.07, 6.45) is 6.49. The predicted octanol–water partition coefficient (Wildman–Crippen LogP) is 4.71. The minimum Gasteiger partial charge on any atom is -0.351 e. The van der Waals surface area contributed by atoms with Crippen LogP contribution in [0.5, 0.6) is 0 Å². The van der Waals surface area contributed by atoms with E-state index in [1.54, 1.807) is 0 Å². The topological polar surface area (TPSA) is 29.1 Å². The fourth-order valence-electron chi connectivity index (χ4n) is 2.02. The summed E-state index contributed by atoms with van der Waals surface area (Å²) in [4.78, 5) is 11.6. The van der Waals surface area contributed by atoms with Crippen LogP contribution in [0.15, 0.2) is 18.2 Å². The number of unbranched alkanes of at least 4 members (excludes halogenated alkanes) is 4. The summed E-state index contributed by atoms with van der Waals surface area (Å²) in [6, 6.07) is 3.35. The zero-order chi connectivity index (χ0) is 15.7. The van der Waals surface area contributed by atoms with E-state index in [0.717, 1.165) is 25.3 Å². The van der Waals surface area contributed by atoms with E-state index in [2.05, 4.69) is 28.2 Å². The predicted molar refractivity (Wildman–Crippen MR) is 84.3 cm³/mol. The van der Waals surface area contributed by atoms with Gasteiger partial charge in [-0.1, -0.05) is 61.0 Å². The first-order valence-electron chi connectivity index (χ1n) is 7.40. The van der Waals surface area contributed by atoms with Gasteiger partial charge in [0.15, 0.2) is 0 Å². The van der Waals surface area contributed by atoms with Gasteiger partial charge < -0.3 is 5.32 Å². The molecular formula is C16H22BrF2NO. The summed E-state index contributed by atoms with van der Waals surface area (Å²) >= 11 is 3.35. The van der Waals surface area contributed by atoms with Crippen LogP contribution < -0.4 is 5.32 Å². The van der Waals surface area contributed by atoms with Crippen molar-refractivity contribution in [1.29, 1.82) is 0 Å². The van der Waals surface area contributed by atoms with E-state index in [0.29, 0.717) is 0 Å². The Morgan fingerprint density at radius 2 is 1.95 bits per heavy atom. The largest absolute Gasteiger partial charge is 0.351 e. The second-order valence-electron chi connectivity index (χ2n) is 5.12. The van der Waals surface area contributed by atoms with Crippen molar-refractivity contribution in [3.05, 3.63) is 35.4 Å². The second kappa shape index (κ2) is 9.87. The lowest BCUT2D eigenvalue weighted by atomic mass is 10.1. The number of nitrogens with one attached hydrogen (secondary N) is 1. The minimum atomic E-state index is -0.638. The molecular weight excluding hydrogens is 340 g/mol.